The van der Waals surface area contributed by atoms with E-state index in [1.165, 1.54) is 16.5 Å². The standard InChI is InChI=1S/C16H23N3O/c1-3-18-12-14-7-4-6-13-9-11-19(16(13)14)10-5-8-15(20)17-2/h4,6-7,9,11,18H,3,5,8,10,12H2,1-2H3,(H,17,20). The van der Waals surface area contributed by atoms with E-state index in [1.54, 1.807) is 7.05 Å². The third-order valence-electron chi connectivity index (χ3n) is 3.52. The number of rotatable bonds is 7. The SMILES string of the molecule is CCNCc1cccc2ccn(CCCC(=O)NC)c12. The van der Waals surface area contributed by atoms with Gasteiger partial charge in [-0.2, -0.15) is 0 Å². The molecule has 0 bridgehead atoms. The van der Waals surface area contributed by atoms with Gasteiger partial charge in [-0.25, -0.2) is 0 Å². The van der Waals surface area contributed by atoms with Crippen LogP contribution >= 0.6 is 0 Å². The third-order valence-corrected chi connectivity index (χ3v) is 3.52. The Morgan fingerprint density at radius 2 is 2.15 bits per heavy atom. The van der Waals surface area contributed by atoms with Crippen molar-refractivity contribution in [3.8, 4) is 0 Å². The minimum Gasteiger partial charge on any atom is -0.359 e. The smallest absolute Gasteiger partial charge is 0.219 e. The molecule has 1 aromatic heterocycles. The predicted molar refractivity (Wildman–Crippen MR) is 82.6 cm³/mol. The molecule has 0 aliphatic heterocycles. The van der Waals surface area contributed by atoms with Gasteiger partial charge in [0.2, 0.25) is 5.91 Å². The van der Waals surface area contributed by atoms with Crippen LogP contribution in [-0.2, 0) is 17.9 Å². The van der Waals surface area contributed by atoms with E-state index < -0.39 is 0 Å². The lowest BCUT2D eigenvalue weighted by Crippen LogP contribution is -2.17. The van der Waals surface area contributed by atoms with Gasteiger partial charge in [0.05, 0.1) is 5.52 Å². The molecule has 2 aromatic rings. The second kappa shape index (κ2) is 7.10. The summed E-state index contributed by atoms with van der Waals surface area (Å²) in [6.07, 6.45) is 3.55. The quantitative estimate of drug-likeness (QED) is 0.813. The second-order valence-corrected chi connectivity index (χ2v) is 4.92. The summed E-state index contributed by atoms with van der Waals surface area (Å²) in [5.74, 6) is 0.106. The van der Waals surface area contributed by atoms with Gasteiger partial charge in [0, 0.05) is 32.8 Å². The monoisotopic (exact) mass is 273 g/mol. The summed E-state index contributed by atoms with van der Waals surface area (Å²) in [6.45, 7) is 4.84. The lowest BCUT2D eigenvalue weighted by molar-refractivity contribution is -0.120. The number of carbonyl (C=O) groups is 1. The number of aromatic nitrogens is 1. The van der Waals surface area contributed by atoms with Crippen LogP contribution < -0.4 is 10.6 Å². The Bertz CT molecular complexity index is 574. The fraction of sp³-hybridized carbons (Fsp3) is 0.438. The molecule has 1 heterocycles. The fourth-order valence-electron chi connectivity index (χ4n) is 2.46. The molecule has 0 atom stereocenters. The zero-order valence-electron chi connectivity index (χ0n) is 12.3. The van der Waals surface area contributed by atoms with E-state index in [9.17, 15) is 4.79 Å². The molecule has 1 amide bonds. The minimum absolute atomic E-state index is 0.106. The zero-order valence-corrected chi connectivity index (χ0v) is 12.3. The van der Waals surface area contributed by atoms with Gasteiger partial charge in [0.15, 0.2) is 0 Å². The molecular formula is C16H23N3O. The lowest BCUT2D eigenvalue weighted by Gasteiger charge is -2.10. The van der Waals surface area contributed by atoms with Crippen LogP contribution in [0.3, 0.4) is 0 Å². The van der Waals surface area contributed by atoms with Crippen LogP contribution in [0.2, 0.25) is 0 Å². The average molecular weight is 273 g/mol. The molecule has 0 saturated heterocycles. The Balaban J connectivity index is 2.14. The van der Waals surface area contributed by atoms with Crippen molar-refractivity contribution in [1.82, 2.24) is 15.2 Å². The molecule has 20 heavy (non-hydrogen) atoms. The van der Waals surface area contributed by atoms with E-state index in [1.807, 2.05) is 0 Å². The Morgan fingerprint density at radius 3 is 2.90 bits per heavy atom. The number of nitrogens with zero attached hydrogens (tertiary/aromatic N) is 1. The first-order valence-electron chi connectivity index (χ1n) is 7.24. The summed E-state index contributed by atoms with van der Waals surface area (Å²) in [4.78, 5) is 11.3. The topological polar surface area (TPSA) is 46.1 Å². The maximum Gasteiger partial charge on any atom is 0.219 e. The highest BCUT2D eigenvalue weighted by Gasteiger charge is 2.06. The Kier molecular flexibility index (Phi) is 5.18. The van der Waals surface area contributed by atoms with Crippen molar-refractivity contribution in [3.05, 3.63) is 36.0 Å². The normalized spacial score (nSPS) is 10.9. The van der Waals surface area contributed by atoms with Gasteiger partial charge in [-0.05, 0) is 30.0 Å². The van der Waals surface area contributed by atoms with Gasteiger partial charge in [0.1, 0.15) is 0 Å². The number of para-hydroxylation sites is 1. The van der Waals surface area contributed by atoms with Crippen molar-refractivity contribution in [2.45, 2.75) is 32.9 Å². The first kappa shape index (κ1) is 14.6. The van der Waals surface area contributed by atoms with Crippen molar-refractivity contribution in [1.29, 1.82) is 0 Å². The summed E-state index contributed by atoms with van der Waals surface area (Å²) >= 11 is 0. The highest BCUT2D eigenvalue weighted by molar-refractivity contribution is 5.83. The van der Waals surface area contributed by atoms with Crippen LogP contribution in [0.25, 0.3) is 10.9 Å². The molecule has 4 heteroatoms. The molecule has 0 spiro atoms. The van der Waals surface area contributed by atoms with Crippen LogP contribution in [0.15, 0.2) is 30.5 Å². The van der Waals surface area contributed by atoms with Gasteiger partial charge in [-0.3, -0.25) is 4.79 Å². The summed E-state index contributed by atoms with van der Waals surface area (Å²) in [6, 6.07) is 8.55. The zero-order chi connectivity index (χ0) is 14.4. The Hall–Kier alpha value is -1.81. The number of aryl methyl sites for hydroxylation is 1. The van der Waals surface area contributed by atoms with E-state index in [4.69, 9.17) is 0 Å². The van der Waals surface area contributed by atoms with Crippen LogP contribution in [0.4, 0.5) is 0 Å². The molecule has 0 saturated carbocycles. The van der Waals surface area contributed by atoms with Crippen LogP contribution in [0.1, 0.15) is 25.3 Å². The summed E-state index contributed by atoms with van der Waals surface area (Å²) in [5.41, 5.74) is 2.60. The van der Waals surface area contributed by atoms with Gasteiger partial charge in [-0.15, -0.1) is 0 Å². The summed E-state index contributed by atoms with van der Waals surface area (Å²) < 4.78 is 2.25. The van der Waals surface area contributed by atoms with Gasteiger partial charge < -0.3 is 15.2 Å². The first-order chi connectivity index (χ1) is 9.76. The van der Waals surface area contributed by atoms with Crippen molar-refractivity contribution in [2.75, 3.05) is 13.6 Å². The first-order valence-corrected chi connectivity index (χ1v) is 7.24. The number of nitrogens with one attached hydrogen (secondary N) is 2. The largest absolute Gasteiger partial charge is 0.359 e. The van der Waals surface area contributed by atoms with Crippen molar-refractivity contribution in [2.24, 2.45) is 0 Å². The molecule has 1 aromatic carbocycles. The molecule has 4 nitrogen and oxygen atoms in total. The molecule has 2 N–H and O–H groups in total. The van der Waals surface area contributed by atoms with Crippen LogP contribution in [-0.4, -0.2) is 24.1 Å². The van der Waals surface area contributed by atoms with E-state index in [2.05, 4.69) is 52.6 Å². The molecule has 0 aliphatic carbocycles. The maximum atomic E-state index is 11.3. The van der Waals surface area contributed by atoms with Gasteiger partial charge in [-0.1, -0.05) is 25.1 Å². The second-order valence-electron chi connectivity index (χ2n) is 4.92. The fourth-order valence-corrected chi connectivity index (χ4v) is 2.46. The van der Waals surface area contributed by atoms with Gasteiger partial charge >= 0.3 is 0 Å². The van der Waals surface area contributed by atoms with Crippen molar-refractivity contribution >= 4 is 16.8 Å². The molecular weight excluding hydrogens is 250 g/mol. The van der Waals surface area contributed by atoms with Crippen LogP contribution in [0, 0.1) is 0 Å². The summed E-state index contributed by atoms with van der Waals surface area (Å²) in [5, 5.41) is 7.31. The van der Waals surface area contributed by atoms with Crippen molar-refractivity contribution < 1.29 is 4.79 Å². The maximum absolute atomic E-state index is 11.3. The Labute approximate surface area is 120 Å². The van der Waals surface area contributed by atoms with E-state index >= 15 is 0 Å². The molecule has 0 radical (unpaired) electrons. The molecule has 108 valence electrons. The van der Waals surface area contributed by atoms with Crippen LogP contribution in [0.5, 0.6) is 0 Å². The number of amides is 1. The minimum atomic E-state index is 0.106. The third kappa shape index (κ3) is 3.39. The van der Waals surface area contributed by atoms with Gasteiger partial charge in [0.25, 0.3) is 0 Å². The van der Waals surface area contributed by atoms with E-state index in [0.717, 1.165) is 26.1 Å². The number of hydrogen-bond donors (Lipinski definition) is 2. The average Bonchev–Trinajstić information content (AvgIpc) is 2.89. The number of carbonyl (C=O) groups excluding carboxylic acids is 1. The highest BCUT2D eigenvalue weighted by atomic mass is 16.1. The number of fused-ring (bicyclic) bond motifs is 1. The van der Waals surface area contributed by atoms with Crippen molar-refractivity contribution in [3.63, 3.8) is 0 Å². The van der Waals surface area contributed by atoms with E-state index in [-0.39, 0.29) is 5.91 Å². The van der Waals surface area contributed by atoms with E-state index in [0.29, 0.717) is 6.42 Å². The lowest BCUT2D eigenvalue weighted by atomic mass is 10.1. The highest BCUT2D eigenvalue weighted by Crippen LogP contribution is 2.21. The molecule has 0 fully saturated rings. The molecule has 2 rings (SSSR count). The molecule has 0 aliphatic rings. The molecule has 0 unspecified atom stereocenters. The summed E-state index contributed by atoms with van der Waals surface area (Å²) in [7, 11) is 1.68. The number of hydrogen-bond acceptors (Lipinski definition) is 2. The number of benzene rings is 1. The Morgan fingerprint density at radius 1 is 1.30 bits per heavy atom. The predicted octanol–water partition coefficient (Wildman–Crippen LogP) is 2.28.